The summed E-state index contributed by atoms with van der Waals surface area (Å²) in [6.07, 6.45) is -2.95. The van der Waals surface area contributed by atoms with E-state index in [0.29, 0.717) is 10.9 Å². The van der Waals surface area contributed by atoms with Gasteiger partial charge < -0.3 is 14.4 Å². The zero-order chi connectivity index (χ0) is 14.8. The van der Waals surface area contributed by atoms with Crippen molar-refractivity contribution in [3.63, 3.8) is 0 Å². The summed E-state index contributed by atoms with van der Waals surface area (Å²) in [5.74, 6) is -1.07. The van der Waals surface area contributed by atoms with Gasteiger partial charge in [-0.15, -0.1) is 0 Å². The topological polar surface area (TPSA) is 51.5 Å². The zero-order valence-corrected chi connectivity index (χ0v) is 10.4. The maximum Gasteiger partial charge on any atom is 0.411 e. The van der Waals surface area contributed by atoms with Crippen LogP contribution in [0.1, 0.15) is 10.4 Å². The van der Waals surface area contributed by atoms with Crippen molar-refractivity contribution < 1.29 is 27.8 Å². The first kappa shape index (κ1) is 14.4. The summed E-state index contributed by atoms with van der Waals surface area (Å²) in [4.78, 5) is 11.1. The molecule has 0 spiro atoms. The van der Waals surface area contributed by atoms with Gasteiger partial charge in [-0.1, -0.05) is 18.2 Å². The lowest BCUT2D eigenvalue weighted by atomic mass is 10.2. The third-order valence-electron chi connectivity index (χ3n) is 2.76. The van der Waals surface area contributed by atoms with Gasteiger partial charge in [0.25, 0.3) is 0 Å². The Kier molecular flexibility index (Phi) is 3.99. The van der Waals surface area contributed by atoms with Crippen molar-refractivity contribution in [2.45, 2.75) is 12.7 Å². The van der Waals surface area contributed by atoms with Crippen molar-refractivity contribution in [3.05, 3.63) is 36.0 Å². The number of para-hydroxylation sites is 1. The number of fused-ring (bicyclic) bond motifs is 1. The summed E-state index contributed by atoms with van der Waals surface area (Å²) in [5.41, 5.74) is 0.775. The number of alkyl halides is 3. The molecule has 0 bridgehead atoms. The lowest BCUT2D eigenvalue weighted by Crippen LogP contribution is -2.18. The number of benzene rings is 1. The van der Waals surface area contributed by atoms with E-state index in [1.807, 2.05) is 0 Å². The van der Waals surface area contributed by atoms with Gasteiger partial charge in [0.2, 0.25) is 0 Å². The fourth-order valence-corrected chi connectivity index (χ4v) is 1.95. The van der Waals surface area contributed by atoms with E-state index in [-0.39, 0.29) is 18.7 Å². The van der Waals surface area contributed by atoms with Crippen molar-refractivity contribution in [3.8, 4) is 0 Å². The number of rotatable bonds is 5. The van der Waals surface area contributed by atoms with Gasteiger partial charge >= 0.3 is 12.1 Å². The van der Waals surface area contributed by atoms with Crippen LogP contribution in [0.5, 0.6) is 0 Å². The highest BCUT2D eigenvalue weighted by atomic mass is 19.4. The summed E-state index contributed by atoms with van der Waals surface area (Å²) in [6, 6.07) is 6.82. The van der Waals surface area contributed by atoms with Gasteiger partial charge in [0.15, 0.2) is 0 Å². The number of nitrogens with zero attached hydrogens (tertiary/aromatic N) is 1. The number of carboxylic acids is 1. The molecule has 0 atom stereocenters. The second kappa shape index (κ2) is 5.54. The lowest BCUT2D eigenvalue weighted by Gasteiger charge is -2.08. The number of hydrogen-bond acceptors (Lipinski definition) is 2. The first-order valence-corrected chi connectivity index (χ1v) is 5.84. The molecule has 0 aliphatic rings. The average Bonchev–Trinajstić information content (AvgIpc) is 2.73. The Hall–Kier alpha value is -2.02. The lowest BCUT2D eigenvalue weighted by molar-refractivity contribution is -0.174. The predicted molar refractivity (Wildman–Crippen MR) is 65.8 cm³/mol. The molecule has 0 aliphatic carbocycles. The molecule has 7 heteroatoms. The molecule has 1 aromatic carbocycles. The van der Waals surface area contributed by atoms with Crippen molar-refractivity contribution in [1.82, 2.24) is 4.57 Å². The van der Waals surface area contributed by atoms with Crippen LogP contribution in [-0.2, 0) is 11.3 Å². The van der Waals surface area contributed by atoms with E-state index < -0.39 is 18.8 Å². The number of hydrogen-bond donors (Lipinski definition) is 1. The van der Waals surface area contributed by atoms with Gasteiger partial charge in [-0.25, -0.2) is 4.79 Å². The van der Waals surface area contributed by atoms with Crippen molar-refractivity contribution in [1.29, 1.82) is 0 Å². The summed E-state index contributed by atoms with van der Waals surface area (Å²) in [5, 5.41) is 9.63. The Labute approximate surface area is 112 Å². The Morgan fingerprint density at radius 3 is 2.65 bits per heavy atom. The van der Waals surface area contributed by atoms with Gasteiger partial charge in [-0.05, 0) is 6.07 Å². The normalized spacial score (nSPS) is 11.9. The van der Waals surface area contributed by atoms with E-state index in [2.05, 4.69) is 4.74 Å². The maximum absolute atomic E-state index is 11.9. The van der Waals surface area contributed by atoms with E-state index in [1.54, 1.807) is 28.8 Å². The molecule has 0 fully saturated rings. The Bertz CT molecular complexity index is 619. The summed E-state index contributed by atoms with van der Waals surface area (Å²) in [7, 11) is 0. The first-order valence-electron chi connectivity index (χ1n) is 5.84. The number of aromatic nitrogens is 1. The largest absolute Gasteiger partial charge is 0.478 e. The molecule has 4 nitrogen and oxygen atoms in total. The minimum Gasteiger partial charge on any atom is -0.478 e. The van der Waals surface area contributed by atoms with E-state index in [0.717, 1.165) is 0 Å². The highest BCUT2D eigenvalue weighted by Crippen LogP contribution is 2.21. The molecule has 2 rings (SSSR count). The van der Waals surface area contributed by atoms with Crippen LogP contribution in [-0.4, -0.2) is 35.0 Å². The molecule has 0 unspecified atom stereocenters. The molecule has 1 heterocycles. The fraction of sp³-hybridized carbons (Fsp3) is 0.308. The van der Waals surface area contributed by atoms with Crippen molar-refractivity contribution >= 4 is 16.9 Å². The third-order valence-corrected chi connectivity index (χ3v) is 2.76. The highest BCUT2D eigenvalue weighted by molar-refractivity contribution is 6.03. The summed E-state index contributed by atoms with van der Waals surface area (Å²) in [6.45, 7) is -1.29. The second-order valence-electron chi connectivity index (χ2n) is 4.23. The van der Waals surface area contributed by atoms with Crippen LogP contribution in [0.3, 0.4) is 0 Å². The van der Waals surface area contributed by atoms with Crippen LogP contribution in [0, 0.1) is 0 Å². The third kappa shape index (κ3) is 3.30. The molecule has 0 aliphatic heterocycles. The number of carbonyl (C=O) groups is 1. The monoisotopic (exact) mass is 287 g/mol. The number of aromatic carboxylic acids is 1. The molecule has 0 radical (unpaired) electrons. The number of ether oxygens (including phenoxy) is 1. The number of carboxylic acid groups (broad SMARTS) is 1. The molecule has 0 amide bonds. The number of halogens is 3. The standard InChI is InChI=1S/C13H12F3NO3/c14-13(15,16)8-20-6-5-17-7-10(12(18)19)9-3-1-2-4-11(9)17/h1-4,7H,5-6,8H2,(H,18,19). The Balaban J connectivity index is 2.12. The highest BCUT2D eigenvalue weighted by Gasteiger charge is 2.27. The van der Waals surface area contributed by atoms with Gasteiger partial charge in [-0.2, -0.15) is 13.2 Å². The van der Waals surface area contributed by atoms with E-state index >= 15 is 0 Å². The molecule has 0 saturated carbocycles. The minimum atomic E-state index is -4.36. The molecular formula is C13H12F3NO3. The van der Waals surface area contributed by atoms with E-state index in [9.17, 15) is 18.0 Å². The SMILES string of the molecule is O=C(O)c1cn(CCOCC(F)(F)F)c2ccccc12. The quantitative estimate of drug-likeness (QED) is 0.860. The molecule has 1 aromatic heterocycles. The Morgan fingerprint density at radius 2 is 2.00 bits per heavy atom. The van der Waals surface area contributed by atoms with Crippen LogP contribution in [0.25, 0.3) is 10.9 Å². The van der Waals surface area contributed by atoms with Crippen molar-refractivity contribution in [2.75, 3.05) is 13.2 Å². The van der Waals surface area contributed by atoms with Gasteiger partial charge in [0.1, 0.15) is 6.61 Å². The molecule has 2 aromatic rings. The molecular weight excluding hydrogens is 275 g/mol. The van der Waals surface area contributed by atoms with Crippen LogP contribution < -0.4 is 0 Å². The van der Waals surface area contributed by atoms with E-state index in [4.69, 9.17) is 5.11 Å². The fourth-order valence-electron chi connectivity index (χ4n) is 1.95. The molecule has 0 saturated heterocycles. The van der Waals surface area contributed by atoms with Crippen LogP contribution in [0.2, 0.25) is 0 Å². The average molecular weight is 287 g/mol. The smallest absolute Gasteiger partial charge is 0.411 e. The molecule has 108 valence electrons. The molecule has 1 N–H and O–H groups in total. The maximum atomic E-state index is 11.9. The minimum absolute atomic E-state index is 0.122. The van der Waals surface area contributed by atoms with Crippen LogP contribution in [0.4, 0.5) is 13.2 Å². The van der Waals surface area contributed by atoms with Crippen LogP contribution in [0.15, 0.2) is 30.5 Å². The predicted octanol–water partition coefficient (Wildman–Crippen LogP) is 2.92. The van der Waals surface area contributed by atoms with E-state index in [1.165, 1.54) is 6.20 Å². The Morgan fingerprint density at radius 1 is 1.30 bits per heavy atom. The van der Waals surface area contributed by atoms with Crippen molar-refractivity contribution in [2.24, 2.45) is 0 Å². The summed E-state index contributed by atoms with van der Waals surface area (Å²) >= 11 is 0. The first-order chi connectivity index (χ1) is 9.38. The summed E-state index contributed by atoms with van der Waals surface area (Å²) < 4.78 is 41.9. The molecule has 20 heavy (non-hydrogen) atoms. The van der Waals surface area contributed by atoms with Gasteiger partial charge in [0.05, 0.1) is 12.2 Å². The zero-order valence-electron chi connectivity index (χ0n) is 10.4. The van der Waals surface area contributed by atoms with Crippen LogP contribution >= 0.6 is 0 Å². The van der Waals surface area contributed by atoms with Gasteiger partial charge in [0, 0.05) is 23.6 Å². The van der Waals surface area contributed by atoms with Gasteiger partial charge in [-0.3, -0.25) is 0 Å². The second-order valence-corrected chi connectivity index (χ2v) is 4.23.